The van der Waals surface area contributed by atoms with Crippen molar-refractivity contribution in [3.8, 4) is 11.5 Å². The number of rotatable bonds is 11. The molecule has 0 saturated carbocycles. The van der Waals surface area contributed by atoms with Crippen LogP contribution in [-0.2, 0) is 11.3 Å². The lowest BCUT2D eigenvalue weighted by atomic mass is 10.0. The number of β-amino-alcohol motifs (C(OH)–C–C–N with tert-alkyl or cyclic N) is 1. The first-order chi connectivity index (χ1) is 16.9. The highest BCUT2D eigenvalue weighted by atomic mass is 19.1. The SMILES string of the molecule is CCOc1cc(CN(C)C[C@@]2(O)CCN(c3ccc(F)cn3)C2)ccc1OCCN1CCOCC1. The average Bonchev–Trinajstić information content (AvgIpc) is 3.23. The predicted octanol–water partition coefficient (Wildman–Crippen LogP) is 2.40. The Bertz CT molecular complexity index is 941. The quantitative estimate of drug-likeness (QED) is 0.517. The Labute approximate surface area is 207 Å². The molecule has 3 heterocycles. The van der Waals surface area contributed by atoms with E-state index in [0.29, 0.717) is 51.6 Å². The highest BCUT2D eigenvalue weighted by molar-refractivity contribution is 5.43. The lowest BCUT2D eigenvalue weighted by Crippen LogP contribution is -2.43. The Morgan fingerprint density at radius 1 is 1.14 bits per heavy atom. The minimum Gasteiger partial charge on any atom is -0.490 e. The number of morpholine rings is 1. The molecule has 0 aliphatic carbocycles. The molecule has 192 valence electrons. The Kier molecular flexibility index (Phi) is 8.78. The van der Waals surface area contributed by atoms with E-state index in [1.807, 2.05) is 31.0 Å². The van der Waals surface area contributed by atoms with Gasteiger partial charge in [-0.2, -0.15) is 0 Å². The fourth-order valence-electron chi connectivity index (χ4n) is 4.75. The average molecular weight is 489 g/mol. The summed E-state index contributed by atoms with van der Waals surface area (Å²) in [7, 11) is 2.00. The van der Waals surface area contributed by atoms with Crippen LogP contribution in [0.3, 0.4) is 0 Å². The van der Waals surface area contributed by atoms with Crippen LogP contribution < -0.4 is 14.4 Å². The number of nitrogens with zero attached hydrogens (tertiary/aromatic N) is 4. The van der Waals surface area contributed by atoms with Crippen molar-refractivity contribution in [3.05, 3.63) is 47.9 Å². The Balaban J connectivity index is 1.30. The maximum atomic E-state index is 13.2. The molecule has 0 radical (unpaired) electrons. The summed E-state index contributed by atoms with van der Waals surface area (Å²) in [6.07, 6.45) is 1.85. The summed E-state index contributed by atoms with van der Waals surface area (Å²) in [4.78, 5) is 10.6. The molecule has 4 rings (SSSR count). The monoisotopic (exact) mass is 488 g/mol. The van der Waals surface area contributed by atoms with Crippen LogP contribution in [-0.4, -0.2) is 98.2 Å². The molecule has 0 unspecified atom stereocenters. The second-order valence-electron chi connectivity index (χ2n) is 9.42. The van der Waals surface area contributed by atoms with Crippen LogP contribution in [0.2, 0.25) is 0 Å². The fraction of sp³-hybridized carbons (Fsp3) is 0.577. The van der Waals surface area contributed by atoms with Gasteiger partial charge in [0.15, 0.2) is 11.5 Å². The number of anilines is 1. The maximum absolute atomic E-state index is 13.2. The summed E-state index contributed by atoms with van der Waals surface area (Å²) in [5, 5.41) is 11.2. The van der Waals surface area contributed by atoms with E-state index in [9.17, 15) is 9.50 Å². The minimum absolute atomic E-state index is 0.358. The van der Waals surface area contributed by atoms with Gasteiger partial charge < -0.3 is 24.2 Å². The van der Waals surface area contributed by atoms with Crippen molar-refractivity contribution >= 4 is 5.82 Å². The van der Waals surface area contributed by atoms with Crippen LogP contribution in [0.1, 0.15) is 18.9 Å². The molecule has 1 atom stereocenters. The van der Waals surface area contributed by atoms with Crippen molar-refractivity contribution in [2.24, 2.45) is 0 Å². The van der Waals surface area contributed by atoms with Gasteiger partial charge in [0.25, 0.3) is 0 Å². The van der Waals surface area contributed by atoms with Gasteiger partial charge in [-0.25, -0.2) is 9.37 Å². The zero-order valence-electron chi connectivity index (χ0n) is 20.8. The zero-order chi connectivity index (χ0) is 24.7. The molecule has 2 aliphatic rings. The third-order valence-electron chi connectivity index (χ3n) is 6.46. The first-order valence-electron chi connectivity index (χ1n) is 12.4. The van der Waals surface area contributed by atoms with Crippen LogP contribution in [0.15, 0.2) is 36.5 Å². The van der Waals surface area contributed by atoms with E-state index in [2.05, 4.69) is 20.9 Å². The molecule has 2 saturated heterocycles. The largest absolute Gasteiger partial charge is 0.490 e. The lowest BCUT2D eigenvalue weighted by Gasteiger charge is -2.29. The molecule has 9 heteroatoms. The number of hydrogen-bond donors (Lipinski definition) is 1. The topological polar surface area (TPSA) is 70.5 Å². The van der Waals surface area contributed by atoms with Gasteiger partial charge in [-0.05, 0) is 50.2 Å². The third kappa shape index (κ3) is 7.27. The van der Waals surface area contributed by atoms with Gasteiger partial charge in [0.1, 0.15) is 18.2 Å². The number of halogens is 1. The molecule has 1 aromatic carbocycles. The van der Waals surface area contributed by atoms with Crippen LogP contribution in [0.4, 0.5) is 10.2 Å². The summed E-state index contributed by atoms with van der Waals surface area (Å²) in [5.41, 5.74) is 0.242. The molecule has 2 aromatic rings. The van der Waals surface area contributed by atoms with Gasteiger partial charge in [-0.1, -0.05) is 6.07 Å². The molecule has 2 fully saturated rings. The molecule has 0 amide bonds. The number of ether oxygens (including phenoxy) is 3. The number of benzene rings is 1. The normalized spacial score (nSPS) is 21.0. The van der Waals surface area contributed by atoms with Crippen molar-refractivity contribution in [3.63, 3.8) is 0 Å². The molecule has 2 aliphatic heterocycles. The summed E-state index contributed by atoms with van der Waals surface area (Å²) in [6.45, 7) is 9.79. The molecule has 0 bridgehead atoms. The summed E-state index contributed by atoms with van der Waals surface area (Å²) in [6, 6.07) is 9.11. The van der Waals surface area contributed by atoms with E-state index >= 15 is 0 Å². The number of likely N-dealkylation sites (N-methyl/N-ethyl adjacent to an activating group) is 1. The van der Waals surface area contributed by atoms with Gasteiger partial charge in [0.05, 0.1) is 31.6 Å². The molecular weight excluding hydrogens is 451 g/mol. The van der Waals surface area contributed by atoms with E-state index in [1.165, 1.54) is 12.3 Å². The van der Waals surface area contributed by atoms with E-state index in [0.717, 1.165) is 49.9 Å². The maximum Gasteiger partial charge on any atom is 0.161 e. The zero-order valence-corrected chi connectivity index (χ0v) is 20.8. The van der Waals surface area contributed by atoms with Crippen LogP contribution in [0.5, 0.6) is 11.5 Å². The number of aromatic nitrogens is 1. The number of aliphatic hydroxyl groups is 1. The minimum atomic E-state index is -0.851. The predicted molar refractivity (Wildman–Crippen MR) is 133 cm³/mol. The smallest absolute Gasteiger partial charge is 0.161 e. The van der Waals surface area contributed by atoms with Crippen molar-refractivity contribution in [2.75, 3.05) is 77.6 Å². The Hall–Kier alpha value is -2.46. The number of pyridine rings is 1. The van der Waals surface area contributed by atoms with Crippen LogP contribution in [0, 0.1) is 5.82 Å². The van der Waals surface area contributed by atoms with E-state index in [-0.39, 0.29) is 5.82 Å². The van der Waals surface area contributed by atoms with E-state index in [1.54, 1.807) is 6.07 Å². The Morgan fingerprint density at radius 2 is 1.97 bits per heavy atom. The molecular formula is C26H37FN4O4. The second kappa shape index (κ2) is 12.0. The van der Waals surface area contributed by atoms with Gasteiger partial charge in [-0.3, -0.25) is 9.80 Å². The van der Waals surface area contributed by atoms with Crippen LogP contribution >= 0.6 is 0 Å². The standard InChI is InChI=1S/C26H37FN4O4/c1-3-34-24-16-21(4-6-23(24)35-15-12-30-10-13-33-14-11-30)18-29(2)19-26(32)8-9-31(20-26)25-7-5-22(27)17-28-25/h4-7,16-17,32H,3,8-15,18-20H2,1-2H3/t26-/m0/s1. The van der Waals surface area contributed by atoms with Crippen molar-refractivity contribution in [1.29, 1.82) is 0 Å². The third-order valence-corrected chi connectivity index (χ3v) is 6.46. The van der Waals surface area contributed by atoms with Crippen molar-refractivity contribution in [1.82, 2.24) is 14.8 Å². The van der Waals surface area contributed by atoms with Crippen molar-refractivity contribution in [2.45, 2.75) is 25.5 Å². The Morgan fingerprint density at radius 3 is 2.71 bits per heavy atom. The first kappa shape index (κ1) is 25.6. The van der Waals surface area contributed by atoms with Gasteiger partial charge in [0.2, 0.25) is 0 Å². The van der Waals surface area contributed by atoms with Gasteiger partial charge in [-0.15, -0.1) is 0 Å². The highest BCUT2D eigenvalue weighted by Gasteiger charge is 2.37. The van der Waals surface area contributed by atoms with Gasteiger partial charge >= 0.3 is 0 Å². The molecule has 35 heavy (non-hydrogen) atoms. The van der Waals surface area contributed by atoms with Crippen LogP contribution in [0.25, 0.3) is 0 Å². The summed E-state index contributed by atoms with van der Waals surface area (Å²) < 4.78 is 30.5. The lowest BCUT2D eigenvalue weighted by molar-refractivity contribution is 0.0279. The molecule has 1 N–H and O–H groups in total. The summed E-state index contributed by atoms with van der Waals surface area (Å²) >= 11 is 0. The second-order valence-corrected chi connectivity index (χ2v) is 9.42. The van der Waals surface area contributed by atoms with E-state index in [4.69, 9.17) is 14.2 Å². The van der Waals surface area contributed by atoms with Crippen molar-refractivity contribution < 1.29 is 23.7 Å². The summed E-state index contributed by atoms with van der Waals surface area (Å²) in [5.74, 6) is 1.83. The molecule has 1 aromatic heterocycles. The molecule has 0 spiro atoms. The first-order valence-corrected chi connectivity index (χ1v) is 12.4. The number of hydrogen-bond acceptors (Lipinski definition) is 8. The van der Waals surface area contributed by atoms with E-state index < -0.39 is 5.60 Å². The highest BCUT2D eigenvalue weighted by Crippen LogP contribution is 2.30. The fourth-order valence-corrected chi connectivity index (χ4v) is 4.75. The molecule has 8 nitrogen and oxygen atoms in total. The van der Waals surface area contributed by atoms with Gasteiger partial charge in [0, 0.05) is 45.8 Å².